The summed E-state index contributed by atoms with van der Waals surface area (Å²) in [7, 11) is -4.44. The molecule has 0 bridgehead atoms. The van der Waals surface area contributed by atoms with Crippen LogP contribution < -0.4 is 14.9 Å². The van der Waals surface area contributed by atoms with E-state index in [0.29, 0.717) is 18.5 Å². The average molecular weight is 596 g/mol. The zero-order chi connectivity index (χ0) is 30.3. The number of carbonyl (C=O) groups excluding carboxylic acids is 1. The summed E-state index contributed by atoms with van der Waals surface area (Å²) in [6, 6.07) is 13.0. The van der Waals surface area contributed by atoms with E-state index in [1.807, 2.05) is 31.2 Å². The molecule has 0 aliphatic carbocycles. The highest BCUT2D eigenvalue weighted by molar-refractivity contribution is 7.92. The molecular weight excluding hydrogens is 560 g/mol. The Bertz CT molecular complexity index is 1600. The molecule has 1 saturated heterocycles. The first-order valence-electron chi connectivity index (χ1n) is 13.9. The topological polar surface area (TPSA) is 94.6 Å². The van der Waals surface area contributed by atoms with Crippen molar-refractivity contribution in [3.63, 3.8) is 0 Å². The monoisotopic (exact) mass is 595 g/mol. The predicted molar refractivity (Wildman–Crippen MR) is 160 cm³/mol. The Balaban J connectivity index is 1.65. The van der Waals surface area contributed by atoms with E-state index in [1.54, 1.807) is 13.8 Å². The summed E-state index contributed by atoms with van der Waals surface area (Å²) in [6.07, 6.45) is 0.486. The molecule has 2 heterocycles. The second kappa shape index (κ2) is 13.9. The molecule has 11 heteroatoms. The Hall–Kier alpha value is -3.85. The second-order valence-corrected chi connectivity index (χ2v) is 11.6. The number of carbonyl (C=O) groups is 1. The molecular formula is C31H35F2N5O3S. The van der Waals surface area contributed by atoms with Gasteiger partial charge in [0.05, 0.1) is 18.3 Å². The molecule has 8 nitrogen and oxygen atoms in total. The van der Waals surface area contributed by atoms with E-state index in [1.165, 1.54) is 23.1 Å². The van der Waals surface area contributed by atoms with Crippen LogP contribution in [-0.4, -0.2) is 56.9 Å². The van der Waals surface area contributed by atoms with Gasteiger partial charge in [-0.3, -0.25) is 14.4 Å². The molecule has 0 radical (unpaired) electrons. The highest BCUT2D eigenvalue weighted by Crippen LogP contribution is 2.34. The minimum Gasteiger partial charge on any atom is -0.314 e. The molecule has 1 atom stereocenters. The van der Waals surface area contributed by atoms with Gasteiger partial charge in [-0.05, 0) is 60.9 Å². The molecule has 1 unspecified atom stereocenters. The highest BCUT2D eigenvalue weighted by atomic mass is 32.2. The van der Waals surface area contributed by atoms with Crippen molar-refractivity contribution in [3.8, 4) is 11.8 Å². The molecule has 2 aromatic carbocycles. The first-order valence-corrected chi connectivity index (χ1v) is 15.4. The number of halogens is 2. The number of aryl methyl sites for hydroxylation is 1. The van der Waals surface area contributed by atoms with Crippen molar-refractivity contribution in [1.82, 2.24) is 15.2 Å². The van der Waals surface area contributed by atoms with Gasteiger partial charge in [0.2, 0.25) is 11.9 Å². The number of pyridine rings is 1. The van der Waals surface area contributed by atoms with Gasteiger partial charge in [0, 0.05) is 38.2 Å². The van der Waals surface area contributed by atoms with Gasteiger partial charge < -0.3 is 10.2 Å². The van der Waals surface area contributed by atoms with Gasteiger partial charge in [-0.1, -0.05) is 43.9 Å². The molecule has 1 fully saturated rings. The summed E-state index contributed by atoms with van der Waals surface area (Å²) in [4.78, 5) is 20.0. The molecule has 2 N–H and O–H groups in total. The summed E-state index contributed by atoms with van der Waals surface area (Å²) < 4.78 is 57.2. The van der Waals surface area contributed by atoms with E-state index < -0.39 is 32.7 Å². The number of amides is 1. The maximum absolute atomic E-state index is 15.5. The van der Waals surface area contributed by atoms with E-state index in [-0.39, 0.29) is 23.8 Å². The van der Waals surface area contributed by atoms with E-state index >= 15 is 4.39 Å². The Kier molecular flexibility index (Phi) is 10.3. The number of nitrogens with one attached hydrogen (secondary N) is 2. The van der Waals surface area contributed by atoms with Crippen LogP contribution in [0.5, 0.6) is 0 Å². The smallest absolute Gasteiger partial charge is 0.265 e. The maximum atomic E-state index is 15.5. The minimum absolute atomic E-state index is 0.159. The Morgan fingerprint density at radius 2 is 1.86 bits per heavy atom. The van der Waals surface area contributed by atoms with Gasteiger partial charge in [0.25, 0.3) is 10.0 Å². The number of hydrogen-bond acceptors (Lipinski definition) is 6. The zero-order valence-corrected chi connectivity index (χ0v) is 24.8. The normalized spacial score (nSPS) is 14.5. The van der Waals surface area contributed by atoms with Gasteiger partial charge in [-0.2, -0.15) is 4.39 Å². The molecule has 42 heavy (non-hydrogen) atoms. The van der Waals surface area contributed by atoms with Gasteiger partial charge in [-0.15, -0.1) is 0 Å². The van der Waals surface area contributed by atoms with Crippen molar-refractivity contribution in [2.24, 2.45) is 0 Å². The lowest BCUT2D eigenvalue weighted by Crippen LogP contribution is -2.43. The van der Waals surface area contributed by atoms with Crippen molar-refractivity contribution >= 4 is 27.4 Å². The summed E-state index contributed by atoms with van der Waals surface area (Å²) in [5, 5.41) is 3.32. The Morgan fingerprint density at radius 1 is 1.12 bits per heavy atom. The van der Waals surface area contributed by atoms with Crippen LogP contribution >= 0.6 is 0 Å². The Morgan fingerprint density at radius 3 is 2.55 bits per heavy atom. The SMILES string of the molecule is CCC(=O)N(c1cc(F)c(S(=O)(=O)Nc2cccc(F)n2)cc1CC)C(C)c1cccc(C#CCN2CCNCC2)c1. The maximum Gasteiger partial charge on any atom is 0.265 e. The summed E-state index contributed by atoms with van der Waals surface area (Å²) in [6.45, 7) is 9.83. The molecule has 1 amide bonds. The lowest BCUT2D eigenvalue weighted by atomic mass is 10.0. The lowest BCUT2D eigenvalue weighted by molar-refractivity contribution is -0.118. The van der Waals surface area contributed by atoms with Gasteiger partial charge in [0.15, 0.2) is 0 Å². The van der Waals surface area contributed by atoms with Crippen LogP contribution in [0.3, 0.4) is 0 Å². The quantitative estimate of drug-likeness (QED) is 0.280. The van der Waals surface area contributed by atoms with E-state index in [4.69, 9.17) is 0 Å². The third-order valence-corrected chi connectivity index (χ3v) is 8.46. The minimum atomic E-state index is -4.44. The fourth-order valence-electron chi connectivity index (χ4n) is 4.83. The predicted octanol–water partition coefficient (Wildman–Crippen LogP) is 4.48. The second-order valence-electron chi connectivity index (χ2n) is 9.96. The van der Waals surface area contributed by atoms with Crippen LogP contribution in [-0.2, 0) is 21.2 Å². The molecule has 1 aromatic heterocycles. The highest BCUT2D eigenvalue weighted by Gasteiger charge is 2.28. The summed E-state index contributed by atoms with van der Waals surface area (Å²) >= 11 is 0. The van der Waals surface area contributed by atoms with Gasteiger partial charge >= 0.3 is 0 Å². The van der Waals surface area contributed by atoms with Gasteiger partial charge in [-0.25, -0.2) is 17.8 Å². The van der Waals surface area contributed by atoms with Crippen LogP contribution in [0.25, 0.3) is 0 Å². The first kappa shape index (κ1) is 31.1. The number of rotatable bonds is 9. The van der Waals surface area contributed by atoms with Crippen molar-refractivity contribution in [3.05, 3.63) is 83.1 Å². The average Bonchev–Trinajstić information content (AvgIpc) is 2.97. The largest absolute Gasteiger partial charge is 0.314 e. The van der Waals surface area contributed by atoms with Crippen molar-refractivity contribution in [2.45, 2.75) is 44.6 Å². The fraction of sp³-hybridized carbons (Fsp3) is 0.355. The Labute approximate surface area is 246 Å². The third kappa shape index (κ3) is 7.50. The molecule has 1 aliphatic rings. The van der Waals surface area contributed by atoms with Crippen LogP contribution in [0.4, 0.5) is 20.3 Å². The number of aromatic nitrogens is 1. The van der Waals surface area contributed by atoms with Crippen LogP contribution in [0, 0.1) is 23.6 Å². The molecule has 222 valence electrons. The molecule has 1 aliphatic heterocycles. The van der Waals surface area contributed by atoms with E-state index in [0.717, 1.165) is 49.4 Å². The van der Waals surface area contributed by atoms with Crippen LogP contribution in [0.15, 0.2) is 59.5 Å². The molecule has 0 spiro atoms. The molecule has 3 aromatic rings. The summed E-state index contributed by atoms with van der Waals surface area (Å²) in [5.74, 6) is 4.00. The summed E-state index contributed by atoms with van der Waals surface area (Å²) in [5.41, 5.74) is 2.36. The molecule has 0 saturated carbocycles. The fourth-order valence-corrected chi connectivity index (χ4v) is 5.95. The van der Waals surface area contributed by atoms with E-state index in [2.05, 4.69) is 31.8 Å². The number of anilines is 2. The standard InChI is InChI=1S/C31H35F2N5O3S/c1-4-24-20-28(42(40,41)36-30-13-7-12-29(33)35-30)26(32)21-27(24)38(31(39)5-2)22(3)25-11-6-9-23(19-25)10-8-16-37-17-14-34-15-18-37/h6-7,9,11-13,19-22,34H,4-5,14-18H2,1-3H3,(H,35,36). The van der Waals surface area contributed by atoms with Crippen molar-refractivity contribution in [2.75, 3.05) is 42.3 Å². The van der Waals surface area contributed by atoms with Gasteiger partial charge in [0.1, 0.15) is 16.5 Å². The number of sulfonamides is 1. The lowest BCUT2D eigenvalue weighted by Gasteiger charge is -2.32. The number of nitrogens with zero attached hydrogens (tertiary/aromatic N) is 3. The number of piperazine rings is 1. The van der Waals surface area contributed by atoms with Crippen molar-refractivity contribution < 1.29 is 22.0 Å². The molecule has 4 rings (SSSR count). The number of benzene rings is 2. The zero-order valence-electron chi connectivity index (χ0n) is 24.0. The number of hydrogen-bond donors (Lipinski definition) is 2. The third-order valence-electron chi connectivity index (χ3n) is 7.09. The van der Waals surface area contributed by atoms with Crippen LogP contribution in [0.1, 0.15) is 49.9 Å². The van der Waals surface area contributed by atoms with E-state index in [9.17, 15) is 17.6 Å². The van der Waals surface area contributed by atoms with Crippen LogP contribution in [0.2, 0.25) is 0 Å². The van der Waals surface area contributed by atoms with Crippen molar-refractivity contribution in [1.29, 1.82) is 0 Å². The first-order chi connectivity index (χ1) is 20.1.